The van der Waals surface area contributed by atoms with Crippen LogP contribution in [-0.4, -0.2) is 24.1 Å². The van der Waals surface area contributed by atoms with Gasteiger partial charge in [-0.2, -0.15) is 9.97 Å². The van der Waals surface area contributed by atoms with Crippen molar-refractivity contribution in [1.82, 2.24) is 24.1 Å². The average Bonchev–Trinajstić information content (AvgIpc) is 3.61. The Morgan fingerprint density at radius 3 is 1.73 bits per heavy atom. The van der Waals surface area contributed by atoms with Crippen LogP contribution in [0.5, 0.6) is 0 Å². The number of nitrogens with zero attached hydrogens (tertiary/aromatic N) is 5. The van der Waals surface area contributed by atoms with Crippen LogP contribution in [-0.2, 0) is 12.8 Å². The molecule has 0 aliphatic carbocycles. The molecule has 5 heteroatoms. The van der Waals surface area contributed by atoms with Crippen LogP contribution in [0.4, 0.5) is 0 Å². The molecule has 0 radical (unpaired) electrons. The van der Waals surface area contributed by atoms with Gasteiger partial charge >= 0.3 is 0 Å². The Bertz CT molecular complexity index is 2400. The molecule has 0 unspecified atom stereocenters. The molecular formula is C43H37N5. The number of allylic oxidation sites excluding steroid dienone is 1. The lowest BCUT2D eigenvalue weighted by molar-refractivity contribution is 0.923. The van der Waals surface area contributed by atoms with E-state index in [4.69, 9.17) is 15.0 Å². The van der Waals surface area contributed by atoms with Crippen molar-refractivity contribution in [3.8, 4) is 34.4 Å². The Balaban J connectivity index is 1.44. The summed E-state index contributed by atoms with van der Waals surface area (Å²) in [6.45, 7) is 8.60. The molecule has 5 aromatic carbocycles. The molecule has 0 aliphatic heterocycles. The van der Waals surface area contributed by atoms with Gasteiger partial charge in [-0.3, -0.25) is 4.57 Å². The highest BCUT2D eigenvalue weighted by Gasteiger charge is 2.22. The van der Waals surface area contributed by atoms with Crippen LogP contribution in [0.15, 0.2) is 121 Å². The summed E-state index contributed by atoms with van der Waals surface area (Å²) in [6, 6.07) is 41.1. The number of hydrogen-bond donors (Lipinski definition) is 0. The van der Waals surface area contributed by atoms with Crippen LogP contribution >= 0.6 is 0 Å². The third kappa shape index (κ3) is 4.90. The van der Waals surface area contributed by atoms with Gasteiger partial charge in [-0.1, -0.05) is 105 Å². The van der Waals surface area contributed by atoms with Crippen LogP contribution in [0.1, 0.15) is 43.2 Å². The summed E-state index contributed by atoms with van der Waals surface area (Å²) in [4.78, 5) is 15.4. The Morgan fingerprint density at radius 1 is 0.562 bits per heavy atom. The largest absolute Gasteiger partial charge is 0.309 e. The summed E-state index contributed by atoms with van der Waals surface area (Å²) in [5.41, 5.74) is 11.3. The van der Waals surface area contributed by atoms with Gasteiger partial charge in [-0.05, 0) is 79.8 Å². The van der Waals surface area contributed by atoms with E-state index < -0.39 is 0 Å². The fraction of sp³-hybridized carbons (Fsp3) is 0.140. The van der Waals surface area contributed by atoms with Crippen molar-refractivity contribution in [2.75, 3.05) is 0 Å². The molecule has 0 spiro atoms. The zero-order valence-corrected chi connectivity index (χ0v) is 27.8. The summed E-state index contributed by atoms with van der Waals surface area (Å²) in [7, 11) is 0. The second kappa shape index (κ2) is 12.1. The summed E-state index contributed by atoms with van der Waals surface area (Å²) in [5, 5.41) is 3.56. The van der Waals surface area contributed by atoms with E-state index in [9.17, 15) is 0 Å². The molecule has 0 amide bonds. The highest BCUT2D eigenvalue weighted by Crippen LogP contribution is 2.38. The maximum absolute atomic E-state index is 5.19. The maximum atomic E-state index is 5.19. The SMILES string of the molecule is C/C=C\c1c(C)c2cc3c(cc2n1-c1nc(-c2ccc(CC)cc2)nc(-c2ccc(CC)cc2)n1)c1ccccc1n3-c1ccccc1. The first kappa shape index (κ1) is 29.6. The lowest BCUT2D eigenvalue weighted by atomic mass is 10.1. The first-order chi connectivity index (χ1) is 23.6. The van der Waals surface area contributed by atoms with Gasteiger partial charge in [0, 0.05) is 33.0 Å². The zero-order valence-electron chi connectivity index (χ0n) is 27.8. The van der Waals surface area contributed by atoms with Gasteiger partial charge in [0.25, 0.3) is 0 Å². The van der Waals surface area contributed by atoms with E-state index in [0.29, 0.717) is 17.6 Å². The summed E-state index contributed by atoms with van der Waals surface area (Å²) < 4.78 is 4.59. The van der Waals surface area contributed by atoms with E-state index in [1.165, 1.54) is 43.9 Å². The Hall–Kier alpha value is -5.81. The highest BCUT2D eigenvalue weighted by atomic mass is 15.2. The molecule has 0 saturated carbocycles. The predicted octanol–water partition coefficient (Wildman–Crippen LogP) is 10.7. The van der Waals surface area contributed by atoms with Gasteiger partial charge in [0.2, 0.25) is 5.95 Å². The van der Waals surface area contributed by atoms with Crippen molar-refractivity contribution < 1.29 is 0 Å². The van der Waals surface area contributed by atoms with Crippen molar-refractivity contribution in [1.29, 1.82) is 0 Å². The van der Waals surface area contributed by atoms with E-state index in [0.717, 1.165) is 40.9 Å². The molecule has 0 fully saturated rings. The molecule has 0 saturated heterocycles. The van der Waals surface area contributed by atoms with Gasteiger partial charge in [-0.15, -0.1) is 0 Å². The molecule has 5 nitrogen and oxygen atoms in total. The maximum Gasteiger partial charge on any atom is 0.238 e. The van der Waals surface area contributed by atoms with Gasteiger partial charge in [0.15, 0.2) is 11.6 Å². The van der Waals surface area contributed by atoms with Gasteiger partial charge < -0.3 is 4.57 Å². The molecule has 8 rings (SSSR count). The lowest BCUT2D eigenvalue weighted by Gasteiger charge is -2.12. The topological polar surface area (TPSA) is 48.5 Å². The van der Waals surface area contributed by atoms with E-state index in [1.807, 2.05) is 0 Å². The molecule has 0 bridgehead atoms. The minimum absolute atomic E-state index is 0.603. The molecule has 0 atom stereocenters. The molecule has 48 heavy (non-hydrogen) atoms. The van der Waals surface area contributed by atoms with Crippen LogP contribution in [0.2, 0.25) is 0 Å². The minimum atomic E-state index is 0.603. The zero-order chi connectivity index (χ0) is 32.8. The third-order valence-electron chi connectivity index (χ3n) is 9.46. The molecule has 0 aliphatic rings. The van der Waals surface area contributed by atoms with E-state index in [-0.39, 0.29) is 0 Å². The van der Waals surface area contributed by atoms with Crippen LogP contribution < -0.4 is 0 Å². The average molecular weight is 624 g/mol. The third-order valence-corrected chi connectivity index (χ3v) is 9.46. The highest BCUT2D eigenvalue weighted by molar-refractivity contribution is 6.14. The quantitative estimate of drug-likeness (QED) is 0.177. The fourth-order valence-corrected chi connectivity index (χ4v) is 6.85. The summed E-state index contributed by atoms with van der Waals surface area (Å²) in [5.74, 6) is 1.92. The number of rotatable bonds is 7. The molecule has 8 aromatic rings. The predicted molar refractivity (Wildman–Crippen MR) is 200 cm³/mol. The molecule has 3 heterocycles. The molecular weight excluding hydrogens is 587 g/mol. The number of aryl methyl sites for hydroxylation is 3. The van der Waals surface area contributed by atoms with Gasteiger partial charge in [0.1, 0.15) is 0 Å². The number of para-hydroxylation sites is 2. The molecule has 0 N–H and O–H groups in total. The second-order valence-corrected chi connectivity index (χ2v) is 12.3. The van der Waals surface area contributed by atoms with Crippen LogP contribution in [0.3, 0.4) is 0 Å². The minimum Gasteiger partial charge on any atom is -0.309 e. The van der Waals surface area contributed by atoms with E-state index in [2.05, 4.69) is 164 Å². The Kier molecular flexibility index (Phi) is 7.45. The van der Waals surface area contributed by atoms with Crippen LogP contribution in [0, 0.1) is 6.92 Å². The smallest absolute Gasteiger partial charge is 0.238 e. The molecule has 234 valence electrons. The summed E-state index contributed by atoms with van der Waals surface area (Å²) >= 11 is 0. The van der Waals surface area contributed by atoms with E-state index >= 15 is 0 Å². The van der Waals surface area contributed by atoms with Crippen molar-refractivity contribution in [3.05, 3.63) is 144 Å². The van der Waals surface area contributed by atoms with Crippen molar-refractivity contribution in [2.45, 2.75) is 40.5 Å². The second-order valence-electron chi connectivity index (χ2n) is 12.3. The summed E-state index contributed by atoms with van der Waals surface area (Å²) in [6.07, 6.45) is 6.22. The first-order valence-corrected chi connectivity index (χ1v) is 16.8. The van der Waals surface area contributed by atoms with Gasteiger partial charge in [-0.25, -0.2) is 4.98 Å². The number of fused-ring (bicyclic) bond motifs is 4. The Labute approximate surface area is 280 Å². The van der Waals surface area contributed by atoms with Crippen molar-refractivity contribution >= 4 is 38.8 Å². The lowest BCUT2D eigenvalue weighted by Crippen LogP contribution is -2.08. The number of aromatic nitrogens is 5. The standard InChI is InChI=1S/C43H37N5/c1-5-13-37-28(4)35-26-40-36(34-16-11-12-17-38(34)47(40)33-14-9-8-10-15-33)27-39(35)48(37)43-45-41(31-22-18-29(6-2)19-23-31)44-42(46-43)32-24-20-30(7-3)21-25-32/h5,8-27H,6-7H2,1-4H3/b13-5-. The van der Waals surface area contributed by atoms with Crippen molar-refractivity contribution in [2.24, 2.45) is 0 Å². The van der Waals surface area contributed by atoms with Crippen molar-refractivity contribution in [3.63, 3.8) is 0 Å². The number of hydrogen-bond acceptors (Lipinski definition) is 3. The molecule has 3 aromatic heterocycles. The number of benzene rings is 5. The first-order valence-electron chi connectivity index (χ1n) is 16.8. The van der Waals surface area contributed by atoms with Crippen LogP contribution in [0.25, 0.3) is 73.2 Å². The van der Waals surface area contributed by atoms with Gasteiger partial charge in [0.05, 0.1) is 22.2 Å². The monoisotopic (exact) mass is 623 g/mol. The fourth-order valence-electron chi connectivity index (χ4n) is 6.85. The van der Waals surface area contributed by atoms with E-state index in [1.54, 1.807) is 0 Å². The Morgan fingerprint density at radius 2 is 1.12 bits per heavy atom. The normalized spacial score (nSPS) is 11.8.